The van der Waals surface area contributed by atoms with Gasteiger partial charge in [-0.05, 0) is 30.5 Å². The number of hydrogen-bond acceptors (Lipinski definition) is 2. The summed E-state index contributed by atoms with van der Waals surface area (Å²) in [5.41, 5.74) is 2.53. The Bertz CT molecular complexity index is 623. The minimum absolute atomic E-state index is 0.254. The molecule has 0 radical (unpaired) electrons. The Labute approximate surface area is 136 Å². The predicted octanol–water partition coefficient (Wildman–Crippen LogP) is 3.62. The first-order valence-electron chi connectivity index (χ1n) is 7.78. The maximum Gasteiger partial charge on any atom is 0.233 e. The zero-order chi connectivity index (χ0) is 15.4. The lowest BCUT2D eigenvalue weighted by atomic mass is 10.1. The van der Waals surface area contributed by atoms with Crippen LogP contribution in [0.2, 0.25) is 0 Å². The predicted molar refractivity (Wildman–Crippen MR) is 91.7 cm³/mol. The van der Waals surface area contributed by atoms with Crippen molar-refractivity contribution < 1.29 is 4.79 Å². The Morgan fingerprint density at radius 3 is 2.77 bits per heavy atom. The summed E-state index contributed by atoms with van der Waals surface area (Å²) in [6.07, 6.45) is 4.23. The van der Waals surface area contributed by atoms with Crippen molar-refractivity contribution in [2.45, 2.75) is 24.6 Å². The number of benzene rings is 1. The van der Waals surface area contributed by atoms with Gasteiger partial charge in [-0.3, -0.25) is 4.79 Å². The van der Waals surface area contributed by atoms with E-state index in [9.17, 15) is 4.79 Å². The Kier molecular flexibility index (Phi) is 4.88. The number of amides is 1. The number of carbonyl (C=O) groups is 1. The van der Waals surface area contributed by atoms with Crippen LogP contribution in [0.15, 0.2) is 48.7 Å². The standard InChI is InChI=1S/C18H22N2OS/c1-19-11-5-9-16(19)17-10-6-12-20(17)18(21)14-22-13-15-7-3-2-4-8-15/h2-5,7-9,11,17H,6,10,12-14H2,1H3/t17-/m1/s1. The van der Waals surface area contributed by atoms with Gasteiger partial charge in [0.15, 0.2) is 0 Å². The molecule has 3 rings (SSSR count). The highest BCUT2D eigenvalue weighted by molar-refractivity contribution is 7.99. The molecule has 1 aliphatic heterocycles. The van der Waals surface area contributed by atoms with Crippen LogP contribution in [0.5, 0.6) is 0 Å². The van der Waals surface area contributed by atoms with Crippen LogP contribution in [0.4, 0.5) is 0 Å². The van der Waals surface area contributed by atoms with Gasteiger partial charge in [0.05, 0.1) is 11.8 Å². The van der Waals surface area contributed by atoms with E-state index < -0.39 is 0 Å². The quantitative estimate of drug-likeness (QED) is 0.842. The third-order valence-corrected chi connectivity index (χ3v) is 5.22. The molecule has 2 aromatic rings. The summed E-state index contributed by atoms with van der Waals surface area (Å²) in [5.74, 6) is 1.73. The van der Waals surface area contributed by atoms with Crippen LogP contribution in [0, 0.1) is 0 Å². The number of aromatic nitrogens is 1. The molecule has 0 aliphatic carbocycles. The molecule has 1 amide bonds. The molecular weight excluding hydrogens is 292 g/mol. The summed E-state index contributed by atoms with van der Waals surface area (Å²) in [6.45, 7) is 0.889. The molecule has 1 fully saturated rings. The van der Waals surface area contributed by atoms with Gasteiger partial charge in [-0.15, -0.1) is 11.8 Å². The molecule has 0 spiro atoms. The van der Waals surface area contributed by atoms with Gasteiger partial charge in [-0.2, -0.15) is 0 Å². The lowest BCUT2D eigenvalue weighted by molar-refractivity contribution is -0.129. The fraction of sp³-hybridized carbons (Fsp3) is 0.389. The molecule has 0 N–H and O–H groups in total. The van der Waals surface area contributed by atoms with Gasteiger partial charge in [0.25, 0.3) is 0 Å². The Balaban J connectivity index is 1.56. The first-order chi connectivity index (χ1) is 10.8. The number of thioether (sulfide) groups is 1. The molecule has 2 heterocycles. The fourth-order valence-corrected chi connectivity index (χ4v) is 3.98. The fourth-order valence-electron chi connectivity index (χ4n) is 3.11. The number of hydrogen-bond donors (Lipinski definition) is 0. The minimum Gasteiger partial charge on any atom is -0.353 e. The second-order valence-corrected chi connectivity index (χ2v) is 6.75. The summed E-state index contributed by atoms with van der Waals surface area (Å²) in [7, 11) is 2.06. The Hall–Kier alpha value is -1.68. The molecule has 1 aromatic carbocycles. The molecule has 0 saturated carbocycles. The monoisotopic (exact) mass is 314 g/mol. The maximum absolute atomic E-state index is 12.5. The molecule has 0 bridgehead atoms. The molecule has 1 atom stereocenters. The SMILES string of the molecule is Cn1cccc1[C@H]1CCCN1C(=O)CSCc1ccccc1. The zero-order valence-corrected chi connectivity index (χ0v) is 13.8. The first-order valence-corrected chi connectivity index (χ1v) is 8.93. The second-order valence-electron chi connectivity index (χ2n) is 5.77. The molecule has 22 heavy (non-hydrogen) atoms. The second kappa shape index (κ2) is 7.05. The van der Waals surface area contributed by atoms with E-state index in [1.807, 2.05) is 18.2 Å². The van der Waals surface area contributed by atoms with E-state index >= 15 is 0 Å². The summed E-state index contributed by atoms with van der Waals surface area (Å²) in [5, 5.41) is 0. The van der Waals surface area contributed by atoms with E-state index in [0.717, 1.165) is 25.1 Å². The Morgan fingerprint density at radius 2 is 2.05 bits per heavy atom. The molecule has 116 valence electrons. The summed E-state index contributed by atoms with van der Waals surface area (Å²) in [4.78, 5) is 14.6. The van der Waals surface area contributed by atoms with Gasteiger partial charge in [0.2, 0.25) is 5.91 Å². The summed E-state index contributed by atoms with van der Waals surface area (Å²) < 4.78 is 2.13. The third-order valence-electron chi connectivity index (χ3n) is 4.24. The van der Waals surface area contributed by atoms with Crippen LogP contribution in [-0.2, 0) is 17.6 Å². The van der Waals surface area contributed by atoms with Crippen LogP contribution >= 0.6 is 11.8 Å². The largest absolute Gasteiger partial charge is 0.353 e. The molecule has 1 saturated heterocycles. The van der Waals surface area contributed by atoms with Crippen molar-refractivity contribution in [3.63, 3.8) is 0 Å². The summed E-state index contributed by atoms with van der Waals surface area (Å²) >= 11 is 1.71. The molecule has 3 nitrogen and oxygen atoms in total. The molecule has 1 aliphatic rings. The molecule has 0 unspecified atom stereocenters. The van der Waals surface area contributed by atoms with Crippen LogP contribution in [0.3, 0.4) is 0 Å². The normalized spacial score (nSPS) is 17.9. The van der Waals surface area contributed by atoms with Gasteiger partial charge in [0, 0.05) is 31.2 Å². The number of carbonyl (C=O) groups excluding carboxylic acids is 1. The lowest BCUT2D eigenvalue weighted by Crippen LogP contribution is -2.32. The molecule has 4 heteroatoms. The zero-order valence-electron chi connectivity index (χ0n) is 12.9. The number of nitrogens with zero attached hydrogens (tertiary/aromatic N) is 2. The van der Waals surface area contributed by atoms with Gasteiger partial charge in [-0.25, -0.2) is 0 Å². The van der Waals surface area contributed by atoms with Crippen LogP contribution in [0.1, 0.15) is 30.1 Å². The van der Waals surface area contributed by atoms with Crippen molar-refractivity contribution >= 4 is 17.7 Å². The van der Waals surface area contributed by atoms with Crippen LogP contribution < -0.4 is 0 Å². The highest BCUT2D eigenvalue weighted by Gasteiger charge is 2.30. The van der Waals surface area contributed by atoms with Crippen molar-refractivity contribution in [3.8, 4) is 0 Å². The van der Waals surface area contributed by atoms with Crippen molar-refractivity contribution in [1.29, 1.82) is 0 Å². The minimum atomic E-state index is 0.254. The average Bonchev–Trinajstić information content (AvgIpc) is 3.16. The summed E-state index contributed by atoms with van der Waals surface area (Å²) in [6, 6.07) is 14.8. The third kappa shape index (κ3) is 3.38. The van der Waals surface area contributed by atoms with Gasteiger partial charge in [-0.1, -0.05) is 30.3 Å². The molecular formula is C18H22N2OS. The van der Waals surface area contributed by atoms with Crippen molar-refractivity contribution in [1.82, 2.24) is 9.47 Å². The van der Waals surface area contributed by atoms with Crippen LogP contribution in [0.25, 0.3) is 0 Å². The number of likely N-dealkylation sites (tertiary alicyclic amines) is 1. The van der Waals surface area contributed by atoms with Gasteiger partial charge >= 0.3 is 0 Å². The van der Waals surface area contributed by atoms with Gasteiger partial charge in [0.1, 0.15) is 0 Å². The topological polar surface area (TPSA) is 25.2 Å². The van der Waals surface area contributed by atoms with E-state index in [2.05, 4.69) is 47.0 Å². The maximum atomic E-state index is 12.5. The Morgan fingerprint density at radius 1 is 1.23 bits per heavy atom. The average molecular weight is 314 g/mol. The van der Waals surface area contributed by atoms with E-state index in [4.69, 9.17) is 0 Å². The number of rotatable bonds is 5. The van der Waals surface area contributed by atoms with E-state index in [0.29, 0.717) is 5.75 Å². The van der Waals surface area contributed by atoms with Crippen molar-refractivity contribution in [2.24, 2.45) is 7.05 Å². The van der Waals surface area contributed by atoms with E-state index in [1.54, 1.807) is 11.8 Å². The number of aryl methyl sites for hydroxylation is 1. The smallest absolute Gasteiger partial charge is 0.233 e. The highest BCUT2D eigenvalue weighted by atomic mass is 32.2. The van der Waals surface area contributed by atoms with Crippen molar-refractivity contribution in [2.75, 3.05) is 12.3 Å². The van der Waals surface area contributed by atoms with Crippen molar-refractivity contribution in [3.05, 3.63) is 59.9 Å². The van der Waals surface area contributed by atoms with Gasteiger partial charge < -0.3 is 9.47 Å². The van der Waals surface area contributed by atoms with E-state index in [-0.39, 0.29) is 11.9 Å². The lowest BCUT2D eigenvalue weighted by Gasteiger charge is -2.25. The van der Waals surface area contributed by atoms with E-state index in [1.165, 1.54) is 11.3 Å². The molecule has 1 aromatic heterocycles. The van der Waals surface area contributed by atoms with Crippen LogP contribution in [-0.4, -0.2) is 27.7 Å². The highest BCUT2D eigenvalue weighted by Crippen LogP contribution is 2.32. The first kappa shape index (κ1) is 15.2.